The van der Waals surface area contributed by atoms with Gasteiger partial charge in [-0.15, -0.1) is 0 Å². The maximum atomic E-state index is 6.11. The summed E-state index contributed by atoms with van der Waals surface area (Å²) in [7, 11) is 0. The highest BCUT2D eigenvalue weighted by Crippen LogP contribution is 2.23. The first-order valence-electron chi connectivity index (χ1n) is 5.11. The lowest BCUT2D eigenvalue weighted by Gasteiger charge is -2.12. The highest BCUT2D eigenvalue weighted by Gasteiger charge is 2.10. The molecule has 0 saturated heterocycles. The zero-order chi connectivity index (χ0) is 11.5. The third kappa shape index (κ3) is 2.23. The van der Waals surface area contributed by atoms with Crippen molar-refractivity contribution in [2.45, 2.75) is 13.0 Å². The molecule has 1 unspecified atom stereocenters. The van der Waals surface area contributed by atoms with Crippen molar-refractivity contribution in [2.24, 2.45) is 5.73 Å². The van der Waals surface area contributed by atoms with E-state index in [2.05, 4.69) is 4.98 Å². The molecule has 2 aromatic rings. The summed E-state index contributed by atoms with van der Waals surface area (Å²) in [5, 5.41) is 0.740. The molecule has 0 aliphatic carbocycles. The molecular weight excluding hydrogens is 220 g/mol. The molecule has 0 fully saturated rings. The van der Waals surface area contributed by atoms with Crippen LogP contribution in [-0.2, 0) is 0 Å². The van der Waals surface area contributed by atoms with Crippen LogP contribution in [0.5, 0.6) is 0 Å². The predicted molar refractivity (Wildman–Crippen MR) is 66.5 cm³/mol. The summed E-state index contributed by atoms with van der Waals surface area (Å²) in [6.07, 6.45) is 1.74. The maximum absolute atomic E-state index is 6.11. The van der Waals surface area contributed by atoms with Crippen molar-refractivity contribution in [1.82, 2.24) is 4.98 Å². The zero-order valence-corrected chi connectivity index (χ0v) is 9.78. The fourth-order valence-corrected chi connectivity index (χ4v) is 1.72. The van der Waals surface area contributed by atoms with Crippen molar-refractivity contribution in [3.05, 3.63) is 64.4 Å². The molecule has 0 radical (unpaired) electrons. The van der Waals surface area contributed by atoms with Crippen LogP contribution in [0.25, 0.3) is 0 Å². The van der Waals surface area contributed by atoms with Crippen LogP contribution in [0.15, 0.2) is 42.6 Å². The number of rotatable bonds is 2. The zero-order valence-electron chi connectivity index (χ0n) is 9.02. The highest BCUT2D eigenvalue weighted by molar-refractivity contribution is 6.31. The fraction of sp³-hybridized carbons (Fsp3) is 0.154. The molecule has 0 aliphatic rings. The van der Waals surface area contributed by atoms with Gasteiger partial charge in [0.25, 0.3) is 0 Å². The predicted octanol–water partition coefficient (Wildman–Crippen LogP) is 3.09. The van der Waals surface area contributed by atoms with Crippen molar-refractivity contribution < 1.29 is 0 Å². The Morgan fingerprint density at radius 1 is 1.25 bits per heavy atom. The van der Waals surface area contributed by atoms with E-state index in [-0.39, 0.29) is 6.04 Å². The largest absolute Gasteiger partial charge is 0.319 e. The molecule has 1 heterocycles. The highest BCUT2D eigenvalue weighted by atomic mass is 35.5. The van der Waals surface area contributed by atoms with Gasteiger partial charge in [-0.1, -0.05) is 29.8 Å². The van der Waals surface area contributed by atoms with Gasteiger partial charge in [-0.05, 0) is 36.2 Å². The number of aromatic nitrogens is 1. The van der Waals surface area contributed by atoms with Gasteiger partial charge in [0, 0.05) is 11.2 Å². The second-order valence-electron chi connectivity index (χ2n) is 3.74. The van der Waals surface area contributed by atoms with Crippen molar-refractivity contribution in [3.63, 3.8) is 0 Å². The van der Waals surface area contributed by atoms with Crippen LogP contribution in [0, 0.1) is 6.92 Å². The molecule has 2 N–H and O–H groups in total. The molecule has 2 nitrogen and oxygen atoms in total. The summed E-state index contributed by atoms with van der Waals surface area (Å²) in [6.45, 7) is 1.97. The minimum atomic E-state index is -0.223. The van der Waals surface area contributed by atoms with E-state index in [1.165, 1.54) is 0 Å². The number of pyridine rings is 1. The monoisotopic (exact) mass is 232 g/mol. The standard InChI is InChI=1S/C13H13ClN2/c1-9-5-6-10(8-11(9)14)13(15)12-4-2-3-7-16-12/h2-8,13H,15H2,1H3. The van der Waals surface area contributed by atoms with Crippen molar-refractivity contribution >= 4 is 11.6 Å². The second kappa shape index (κ2) is 4.64. The van der Waals surface area contributed by atoms with Gasteiger partial charge < -0.3 is 5.73 Å². The molecule has 2 rings (SSSR count). The quantitative estimate of drug-likeness (QED) is 0.864. The number of hydrogen-bond acceptors (Lipinski definition) is 2. The van der Waals surface area contributed by atoms with E-state index >= 15 is 0 Å². The lowest BCUT2D eigenvalue weighted by molar-refractivity contribution is 0.828. The third-order valence-corrected chi connectivity index (χ3v) is 2.97. The van der Waals surface area contributed by atoms with Crippen LogP contribution in [0.2, 0.25) is 5.02 Å². The van der Waals surface area contributed by atoms with E-state index in [4.69, 9.17) is 17.3 Å². The molecular formula is C13H13ClN2. The maximum Gasteiger partial charge on any atom is 0.0726 e. The Hall–Kier alpha value is -1.38. The number of aryl methyl sites for hydroxylation is 1. The van der Waals surface area contributed by atoms with Gasteiger partial charge in [0.1, 0.15) is 0 Å². The average Bonchev–Trinajstić information content (AvgIpc) is 2.33. The fourth-order valence-electron chi connectivity index (χ4n) is 1.53. The van der Waals surface area contributed by atoms with Crippen molar-refractivity contribution in [2.75, 3.05) is 0 Å². The van der Waals surface area contributed by atoms with Crippen molar-refractivity contribution in [3.8, 4) is 0 Å². The summed E-state index contributed by atoms with van der Waals surface area (Å²) in [4.78, 5) is 4.24. The van der Waals surface area contributed by atoms with E-state index in [0.29, 0.717) is 0 Å². The van der Waals surface area contributed by atoms with Crippen molar-refractivity contribution in [1.29, 1.82) is 0 Å². The summed E-state index contributed by atoms with van der Waals surface area (Å²) in [5.41, 5.74) is 9.00. The van der Waals surface area contributed by atoms with Crippen LogP contribution in [0.1, 0.15) is 22.9 Å². The summed E-state index contributed by atoms with van der Waals surface area (Å²) < 4.78 is 0. The lowest BCUT2D eigenvalue weighted by atomic mass is 10.0. The van der Waals surface area contributed by atoms with Crippen LogP contribution in [0.3, 0.4) is 0 Å². The molecule has 82 valence electrons. The molecule has 0 aliphatic heterocycles. The molecule has 1 aromatic heterocycles. The molecule has 1 atom stereocenters. The summed E-state index contributed by atoms with van der Waals surface area (Å²) in [6, 6.07) is 11.4. The Labute approximate surface area is 100 Å². The average molecular weight is 233 g/mol. The van der Waals surface area contributed by atoms with Gasteiger partial charge >= 0.3 is 0 Å². The van der Waals surface area contributed by atoms with Gasteiger partial charge in [0.15, 0.2) is 0 Å². The minimum Gasteiger partial charge on any atom is -0.319 e. The smallest absolute Gasteiger partial charge is 0.0726 e. The first-order valence-corrected chi connectivity index (χ1v) is 5.49. The Kier molecular flexibility index (Phi) is 3.22. The van der Waals surface area contributed by atoms with Crippen LogP contribution < -0.4 is 5.73 Å². The van der Waals surface area contributed by atoms with Crippen LogP contribution >= 0.6 is 11.6 Å². The number of nitrogens with two attached hydrogens (primary N) is 1. The lowest BCUT2D eigenvalue weighted by Crippen LogP contribution is -2.13. The summed E-state index contributed by atoms with van der Waals surface area (Å²) >= 11 is 6.07. The van der Waals surface area contributed by atoms with Gasteiger partial charge in [0.2, 0.25) is 0 Å². The Balaban J connectivity index is 2.34. The Morgan fingerprint density at radius 3 is 2.69 bits per heavy atom. The normalized spacial score (nSPS) is 12.4. The summed E-state index contributed by atoms with van der Waals surface area (Å²) in [5.74, 6) is 0. The van der Waals surface area contributed by atoms with Gasteiger partial charge in [0.05, 0.1) is 11.7 Å². The molecule has 0 amide bonds. The Bertz CT molecular complexity index is 483. The second-order valence-corrected chi connectivity index (χ2v) is 4.15. The molecule has 0 saturated carbocycles. The molecule has 0 bridgehead atoms. The minimum absolute atomic E-state index is 0.223. The molecule has 1 aromatic carbocycles. The van der Waals surface area contributed by atoms with Gasteiger partial charge in [-0.25, -0.2) is 0 Å². The number of nitrogens with zero attached hydrogens (tertiary/aromatic N) is 1. The number of halogens is 1. The van der Waals surface area contributed by atoms with Crippen LogP contribution in [-0.4, -0.2) is 4.98 Å². The van der Waals surface area contributed by atoms with E-state index in [9.17, 15) is 0 Å². The van der Waals surface area contributed by atoms with E-state index in [1.54, 1.807) is 6.20 Å². The van der Waals surface area contributed by atoms with E-state index in [1.807, 2.05) is 43.3 Å². The molecule has 3 heteroatoms. The van der Waals surface area contributed by atoms with E-state index in [0.717, 1.165) is 21.8 Å². The van der Waals surface area contributed by atoms with Gasteiger partial charge in [-0.2, -0.15) is 0 Å². The first-order chi connectivity index (χ1) is 7.68. The molecule has 0 spiro atoms. The van der Waals surface area contributed by atoms with Gasteiger partial charge in [-0.3, -0.25) is 4.98 Å². The topological polar surface area (TPSA) is 38.9 Å². The third-order valence-electron chi connectivity index (χ3n) is 2.56. The SMILES string of the molecule is Cc1ccc(C(N)c2ccccn2)cc1Cl. The Morgan fingerprint density at radius 2 is 2.06 bits per heavy atom. The first kappa shape index (κ1) is 11.1. The molecule has 16 heavy (non-hydrogen) atoms. The number of benzene rings is 1. The number of hydrogen-bond donors (Lipinski definition) is 1. The van der Waals surface area contributed by atoms with Crippen LogP contribution in [0.4, 0.5) is 0 Å². The van der Waals surface area contributed by atoms with E-state index < -0.39 is 0 Å².